The largest absolute Gasteiger partial charge is 0.504 e. The van der Waals surface area contributed by atoms with Crippen molar-refractivity contribution in [2.45, 2.75) is 30.4 Å². The maximum atomic E-state index is 13.6. The molecule has 2 aromatic carbocycles. The van der Waals surface area contributed by atoms with Crippen LogP contribution in [0.3, 0.4) is 0 Å². The van der Waals surface area contributed by atoms with Crippen LogP contribution in [0, 0.1) is 5.92 Å². The molecule has 2 heterocycles. The first-order chi connectivity index (χ1) is 13.1. The van der Waals surface area contributed by atoms with Crippen LogP contribution >= 0.6 is 0 Å². The summed E-state index contributed by atoms with van der Waals surface area (Å²) in [5, 5.41) is 10.5. The predicted octanol–water partition coefficient (Wildman–Crippen LogP) is 2.93. The molecule has 1 N–H and O–H groups in total. The second kappa shape index (κ2) is 5.02. The summed E-state index contributed by atoms with van der Waals surface area (Å²) in [5.74, 6) is 0.957. The molecule has 4 heteroatoms. The number of likely N-dealkylation sites (N-methyl/N-ethyl adjacent to an activating group) is 1. The third-order valence-corrected chi connectivity index (χ3v) is 7.21. The van der Waals surface area contributed by atoms with Gasteiger partial charge in [0, 0.05) is 23.1 Å². The number of phenolic OH excluding ortho intramolecular Hbond substituents is 1. The third kappa shape index (κ3) is 1.75. The Kier molecular flexibility index (Phi) is 2.87. The SMILES string of the molecule is CN1CC[C@]23c4c5ccc(O)c4O[C@H]2C(=O)C(c2ccccc2)=C[C@H]3[C@H]1C5. The van der Waals surface area contributed by atoms with E-state index in [9.17, 15) is 9.90 Å². The molecule has 4 atom stereocenters. The molecule has 4 nitrogen and oxygen atoms in total. The van der Waals surface area contributed by atoms with Crippen molar-refractivity contribution in [3.05, 3.63) is 65.2 Å². The first-order valence-corrected chi connectivity index (χ1v) is 9.65. The highest BCUT2D eigenvalue weighted by molar-refractivity contribution is 6.24. The fourth-order valence-corrected chi connectivity index (χ4v) is 5.99. The Morgan fingerprint density at radius 1 is 1.19 bits per heavy atom. The van der Waals surface area contributed by atoms with E-state index >= 15 is 0 Å². The molecule has 2 bridgehead atoms. The van der Waals surface area contributed by atoms with E-state index in [0.29, 0.717) is 11.8 Å². The van der Waals surface area contributed by atoms with Gasteiger partial charge in [-0.15, -0.1) is 0 Å². The molecule has 27 heavy (non-hydrogen) atoms. The molecule has 1 spiro atoms. The number of aromatic hydroxyl groups is 1. The number of ether oxygens (including phenoxy) is 1. The number of rotatable bonds is 1. The summed E-state index contributed by atoms with van der Waals surface area (Å²) < 4.78 is 6.25. The van der Waals surface area contributed by atoms with Gasteiger partial charge < -0.3 is 14.7 Å². The zero-order chi connectivity index (χ0) is 18.3. The van der Waals surface area contributed by atoms with Crippen LogP contribution in [0.15, 0.2) is 48.5 Å². The molecular weight excluding hydrogens is 338 g/mol. The number of piperidine rings is 1. The Morgan fingerprint density at radius 3 is 2.81 bits per heavy atom. The molecule has 4 aliphatic rings. The number of phenols is 1. The lowest BCUT2D eigenvalue weighted by molar-refractivity contribution is -0.126. The van der Waals surface area contributed by atoms with Gasteiger partial charge in [-0.25, -0.2) is 0 Å². The topological polar surface area (TPSA) is 49.8 Å². The highest BCUT2D eigenvalue weighted by Gasteiger charge is 2.65. The maximum absolute atomic E-state index is 13.6. The fraction of sp³-hybridized carbons (Fsp3) is 0.348. The number of carbonyl (C=O) groups excluding carboxylic acids is 1. The van der Waals surface area contributed by atoms with Gasteiger partial charge in [0.25, 0.3) is 0 Å². The monoisotopic (exact) mass is 359 g/mol. The van der Waals surface area contributed by atoms with Gasteiger partial charge in [0.05, 0.1) is 5.41 Å². The number of Topliss-reactive ketones (excluding diaryl/α,β-unsaturated/α-hetero) is 1. The van der Waals surface area contributed by atoms with Crippen LogP contribution in [0.5, 0.6) is 11.5 Å². The van der Waals surface area contributed by atoms with E-state index < -0.39 is 6.10 Å². The molecule has 1 fully saturated rings. The molecule has 2 aliphatic heterocycles. The lowest BCUT2D eigenvalue weighted by Gasteiger charge is -2.55. The Morgan fingerprint density at radius 2 is 2.00 bits per heavy atom. The fourth-order valence-electron chi connectivity index (χ4n) is 5.99. The van der Waals surface area contributed by atoms with Crippen LogP contribution in [-0.2, 0) is 16.6 Å². The number of hydrogen-bond donors (Lipinski definition) is 1. The zero-order valence-electron chi connectivity index (χ0n) is 15.2. The maximum Gasteiger partial charge on any atom is 0.204 e. The van der Waals surface area contributed by atoms with E-state index in [1.54, 1.807) is 6.07 Å². The van der Waals surface area contributed by atoms with Crippen molar-refractivity contribution in [1.29, 1.82) is 0 Å². The number of ketones is 1. The highest BCUT2D eigenvalue weighted by atomic mass is 16.5. The minimum absolute atomic E-state index is 0.0456. The molecule has 1 saturated heterocycles. The second-order valence-electron chi connectivity index (χ2n) is 8.32. The third-order valence-electron chi connectivity index (χ3n) is 7.21. The summed E-state index contributed by atoms with van der Waals surface area (Å²) in [6, 6.07) is 14.0. The second-order valence-corrected chi connectivity index (χ2v) is 8.32. The molecular formula is C23H21NO3. The summed E-state index contributed by atoms with van der Waals surface area (Å²) in [5.41, 5.74) is 3.69. The molecule has 2 aromatic rings. The molecule has 0 aromatic heterocycles. The Bertz CT molecular complexity index is 1010. The lowest BCUT2D eigenvalue weighted by Crippen LogP contribution is -2.64. The number of benzene rings is 2. The average Bonchev–Trinajstić information content (AvgIpc) is 3.04. The van der Waals surface area contributed by atoms with Crippen LogP contribution in [0.4, 0.5) is 0 Å². The summed E-state index contributed by atoms with van der Waals surface area (Å²) in [6.07, 6.45) is 3.47. The van der Waals surface area contributed by atoms with Gasteiger partial charge in [0.1, 0.15) is 0 Å². The van der Waals surface area contributed by atoms with Gasteiger partial charge in [-0.05, 0) is 43.6 Å². The number of likely N-dealkylation sites (tertiary alicyclic amines) is 1. The van der Waals surface area contributed by atoms with Crippen LogP contribution in [0.1, 0.15) is 23.1 Å². The molecule has 0 amide bonds. The van der Waals surface area contributed by atoms with Crippen molar-refractivity contribution in [3.8, 4) is 11.5 Å². The van der Waals surface area contributed by atoms with E-state index in [1.165, 1.54) is 5.56 Å². The number of carbonyl (C=O) groups is 1. The van der Waals surface area contributed by atoms with Gasteiger partial charge in [0.2, 0.25) is 5.78 Å². The molecule has 0 unspecified atom stereocenters. The molecule has 0 saturated carbocycles. The summed E-state index contributed by atoms with van der Waals surface area (Å²) >= 11 is 0. The van der Waals surface area contributed by atoms with E-state index in [1.807, 2.05) is 36.4 Å². The molecule has 136 valence electrons. The molecule has 0 radical (unpaired) electrons. The van der Waals surface area contributed by atoms with Gasteiger partial charge >= 0.3 is 0 Å². The minimum atomic E-state index is -0.541. The van der Waals surface area contributed by atoms with Crippen LogP contribution in [0.25, 0.3) is 5.57 Å². The van der Waals surface area contributed by atoms with E-state index in [4.69, 9.17) is 4.74 Å². The standard InChI is InChI=1S/C23H21NO3/c1-24-10-9-23-16-12-15(13-5-3-2-4-6-13)20(26)22(23)27-21-18(25)8-7-14(19(21)23)11-17(16)24/h2-8,12,16-17,22,25H,9-11H2,1H3/t16-,17+,22-,23-/m0/s1. The Hall–Kier alpha value is -2.59. The molecule has 2 aliphatic carbocycles. The number of nitrogens with zero attached hydrogens (tertiary/aromatic N) is 1. The summed E-state index contributed by atoms with van der Waals surface area (Å²) in [4.78, 5) is 16.0. The predicted molar refractivity (Wildman–Crippen MR) is 102 cm³/mol. The van der Waals surface area contributed by atoms with Crippen LogP contribution in [0.2, 0.25) is 0 Å². The quantitative estimate of drug-likeness (QED) is 0.851. The Balaban J connectivity index is 1.63. The van der Waals surface area contributed by atoms with Crippen molar-refractivity contribution in [3.63, 3.8) is 0 Å². The first kappa shape index (κ1) is 15.5. The van der Waals surface area contributed by atoms with Gasteiger partial charge in [0.15, 0.2) is 17.6 Å². The van der Waals surface area contributed by atoms with E-state index in [-0.39, 0.29) is 22.9 Å². The molecule has 6 rings (SSSR count). The van der Waals surface area contributed by atoms with Gasteiger partial charge in [-0.2, -0.15) is 0 Å². The smallest absolute Gasteiger partial charge is 0.204 e. The van der Waals surface area contributed by atoms with Crippen molar-refractivity contribution >= 4 is 11.4 Å². The zero-order valence-corrected chi connectivity index (χ0v) is 15.2. The highest BCUT2D eigenvalue weighted by Crippen LogP contribution is 2.62. The van der Waals surface area contributed by atoms with Gasteiger partial charge in [-0.3, -0.25) is 4.79 Å². The van der Waals surface area contributed by atoms with Crippen molar-refractivity contribution in [1.82, 2.24) is 4.90 Å². The van der Waals surface area contributed by atoms with E-state index in [0.717, 1.165) is 36.1 Å². The van der Waals surface area contributed by atoms with Crippen LogP contribution < -0.4 is 4.74 Å². The summed E-state index contributed by atoms with van der Waals surface area (Å²) in [6.45, 7) is 0.942. The normalized spacial score (nSPS) is 33.3. The van der Waals surface area contributed by atoms with E-state index in [2.05, 4.69) is 18.0 Å². The lowest BCUT2D eigenvalue weighted by atomic mass is 9.52. The van der Waals surface area contributed by atoms with Crippen molar-refractivity contribution < 1.29 is 14.6 Å². The van der Waals surface area contributed by atoms with Crippen molar-refractivity contribution in [2.24, 2.45) is 5.92 Å². The summed E-state index contributed by atoms with van der Waals surface area (Å²) in [7, 11) is 2.18. The minimum Gasteiger partial charge on any atom is -0.504 e. The van der Waals surface area contributed by atoms with Gasteiger partial charge in [-0.1, -0.05) is 42.5 Å². The van der Waals surface area contributed by atoms with Crippen molar-refractivity contribution in [2.75, 3.05) is 13.6 Å². The average molecular weight is 359 g/mol. The number of hydrogen-bond acceptors (Lipinski definition) is 4. The first-order valence-electron chi connectivity index (χ1n) is 9.65. The van der Waals surface area contributed by atoms with Crippen LogP contribution in [-0.4, -0.2) is 41.5 Å². The Labute approximate surface area is 158 Å².